The third kappa shape index (κ3) is 1.76. The molecule has 0 amide bonds. The van der Waals surface area contributed by atoms with E-state index < -0.39 is 0 Å². The fourth-order valence-electron chi connectivity index (χ4n) is 2.88. The van der Waals surface area contributed by atoms with Crippen LogP contribution in [-0.2, 0) is 6.54 Å². The maximum atomic E-state index is 2.41. The maximum Gasteiger partial charge on any atom is 0.0493 e. The van der Waals surface area contributed by atoms with E-state index in [1.807, 2.05) is 11.3 Å². The first-order valence-electron chi connectivity index (χ1n) is 6.83. The van der Waals surface area contributed by atoms with Crippen LogP contribution in [0, 0.1) is 6.92 Å². The molecule has 1 nitrogen and oxygen atoms in total. The van der Waals surface area contributed by atoms with Gasteiger partial charge < -0.3 is 4.57 Å². The Morgan fingerprint density at radius 3 is 2.75 bits per heavy atom. The molecule has 0 aliphatic heterocycles. The molecule has 2 aromatic heterocycles. The molecule has 0 fully saturated rings. The molecule has 98 valence electrons. The molecule has 0 saturated heterocycles. The number of aryl methyl sites for hydroxylation is 1. The average Bonchev–Trinajstić information content (AvgIpc) is 3.02. The quantitative estimate of drug-likeness (QED) is 0.474. The molecule has 20 heavy (non-hydrogen) atoms. The second-order valence-corrected chi connectivity index (χ2v) is 6.10. The normalized spacial score (nSPS) is 11.4. The number of thiophene rings is 1. The molecule has 0 N–H and O–H groups in total. The topological polar surface area (TPSA) is 4.93 Å². The highest BCUT2D eigenvalue weighted by molar-refractivity contribution is 7.17. The van der Waals surface area contributed by atoms with Crippen LogP contribution in [0.25, 0.3) is 21.0 Å². The Hall–Kier alpha value is -2.06. The molecular weight excluding hydrogens is 262 g/mol. The Kier molecular flexibility index (Phi) is 2.64. The highest BCUT2D eigenvalue weighted by Gasteiger charge is 2.08. The van der Waals surface area contributed by atoms with Crippen LogP contribution >= 0.6 is 11.3 Å². The van der Waals surface area contributed by atoms with Crippen LogP contribution in [-0.4, -0.2) is 4.57 Å². The molecule has 0 atom stereocenters. The molecule has 2 heterocycles. The minimum atomic E-state index is 0.948. The summed E-state index contributed by atoms with van der Waals surface area (Å²) in [6.45, 7) is 3.14. The molecule has 0 aliphatic rings. The summed E-state index contributed by atoms with van der Waals surface area (Å²) in [6, 6.07) is 19.5. The molecule has 4 aromatic rings. The number of rotatable bonds is 2. The van der Waals surface area contributed by atoms with Crippen molar-refractivity contribution >= 4 is 32.3 Å². The third-order valence-corrected chi connectivity index (χ3v) is 4.92. The first-order chi connectivity index (χ1) is 9.83. The Balaban J connectivity index is 1.87. The van der Waals surface area contributed by atoms with Crippen molar-refractivity contribution in [2.45, 2.75) is 13.5 Å². The zero-order valence-electron chi connectivity index (χ0n) is 11.3. The number of hydrogen-bond acceptors (Lipinski definition) is 1. The van der Waals surface area contributed by atoms with Crippen molar-refractivity contribution in [3.05, 3.63) is 71.2 Å². The molecule has 0 saturated carbocycles. The first-order valence-corrected chi connectivity index (χ1v) is 7.71. The molecule has 0 aliphatic carbocycles. The van der Waals surface area contributed by atoms with E-state index in [0.29, 0.717) is 0 Å². The van der Waals surface area contributed by atoms with Crippen LogP contribution in [0.2, 0.25) is 0 Å². The van der Waals surface area contributed by atoms with Crippen molar-refractivity contribution in [3.8, 4) is 0 Å². The van der Waals surface area contributed by atoms with Crippen molar-refractivity contribution in [2.24, 2.45) is 0 Å². The van der Waals surface area contributed by atoms with Gasteiger partial charge in [-0.3, -0.25) is 0 Å². The number of aromatic nitrogens is 1. The van der Waals surface area contributed by atoms with Crippen molar-refractivity contribution in [1.82, 2.24) is 4.57 Å². The lowest BCUT2D eigenvalue weighted by Gasteiger charge is -2.07. The third-order valence-electron chi connectivity index (χ3n) is 3.91. The average molecular weight is 277 g/mol. The number of fused-ring (bicyclic) bond motifs is 2. The lowest BCUT2D eigenvalue weighted by molar-refractivity contribution is 0.812. The Labute approximate surface area is 122 Å². The van der Waals surface area contributed by atoms with Crippen LogP contribution in [0.4, 0.5) is 0 Å². The van der Waals surface area contributed by atoms with Gasteiger partial charge in [0.1, 0.15) is 0 Å². The van der Waals surface area contributed by atoms with E-state index in [-0.39, 0.29) is 0 Å². The molecule has 2 heteroatoms. The van der Waals surface area contributed by atoms with E-state index in [1.165, 1.54) is 32.2 Å². The number of hydrogen-bond donors (Lipinski definition) is 0. The van der Waals surface area contributed by atoms with Gasteiger partial charge in [-0.15, -0.1) is 11.3 Å². The highest BCUT2D eigenvalue weighted by atomic mass is 32.1. The molecule has 0 radical (unpaired) electrons. The van der Waals surface area contributed by atoms with Crippen LogP contribution < -0.4 is 0 Å². The Morgan fingerprint density at radius 2 is 1.80 bits per heavy atom. The number of nitrogens with zero attached hydrogens (tertiary/aromatic N) is 1. The summed E-state index contributed by atoms with van der Waals surface area (Å²) in [4.78, 5) is 0. The van der Waals surface area contributed by atoms with Crippen LogP contribution in [0.3, 0.4) is 0 Å². The second-order valence-electron chi connectivity index (χ2n) is 5.19. The molecular formula is C18H15NS. The van der Waals surface area contributed by atoms with Gasteiger partial charge >= 0.3 is 0 Å². The van der Waals surface area contributed by atoms with Crippen LogP contribution in [0.5, 0.6) is 0 Å². The number of para-hydroxylation sites is 1. The predicted octanol–water partition coefficient (Wildman–Crippen LogP) is 5.21. The Bertz CT molecular complexity index is 898. The maximum absolute atomic E-state index is 2.41. The van der Waals surface area contributed by atoms with Gasteiger partial charge in [-0.05, 0) is 46.8 Å². The standard InChI is InChI=1S/C18H15NS/c1-13-10-14-6-2-4-8-17(14)19(13)11-15-12-20-18-9-5-3-7-16(15)18/h2-10,12H,11H2,1H3. The van der Waals surface area contributed by atoms with Crippen LogP contribution in [0.1, 0.15) is 11.3 Å². The largest absolute Gasteiger partial charge is 0.340 e. The van der Waals surface area contributed by atoms with E-state index in [1.54, 1.807) is 0 Å². The zero-order valence-corrected chi connectivity index (χ0v) is 12.2. The summed E-state index contributed by atoms with van der Waals surface area (Å²) in [5, 5.41) is 5.00. The van der Waals surface area contributed by atoms with Crippen molar-refractivity contribution in [3.63, 3.8) is 0 Å². The van der Waals surface area contributed by atoms with E-state index in [4.69, 9.17) is 0 Å². The smallest absolute Gasteiger partial charge is 0.0493 e. The van der Waals surface area contributed by atoms with E-state index >= 15 is 0 Å². The summed E-state index contributed by atoms with van der Waals surface area (Å²) in [5.74, 6) is 0. The van der Waals surface area contributed by atoms with E-state index in [2.05, 4.69) is 71.5 Å². The molecule has 0 spiro atoms. The van der Waals surface area contributed by atoms with Crippen molar-refractivity contribution in [2.75, 3.05) is 0 Å². The minimum absolute atomic E-state index is 0.948. The SMILES string of the molecule is Cc1cc2ccccc2n1Cc1csc2ccccc12. The van der Waals surface area contributed by atoms with Gasteiger partial charge in [0.05, 0.1) is 0 Å². The van der Waals surface area contributed by atoms with E-state index in [0.717, 1.165) is 6.54 Å². The van der Waals surface area contributed by atoms with Gasteiger partial charge in [-0.1, -0.05) is 36.4 Å². The van der Waals surface area contributed by atoms with Gasteiger partial charge in [0.15, 0.2) is 0 Å². The predicted molar refractivity (Wildman–Crippen MR) is 87.6 cm³/mol. The number of benzene rings is 2. The van der Waals surface area contributed by atoms with Gasteiger partial charge in [0.2, 0.25) is 0 Å². The summed E-state index contributed by atoms with van der Waals surface area (Å²) in [7, 11) is 0. The molecule has 4 rings (SSSR count). The van der Waals surface area contributed by atoms with Crippen molar-refractivity contribution in [1.29, 1.82) is 0 Å². The molecule has 0 bridgehead atoms. The summed E-state index contributed by atoms with van der Waals surface area (Å²) >= 11 is 1.83. The summed E-state index contributed by atoms with van der Waals surface area (Å²) < 4.78 is 3.78. The lowest BCUT2D eigenvalue weighted by Crippen LogP contribution is -2.00. The lowest BCUT2D eigenvalue weighted by atomic mass is 10.2. The molecule has 2 aromatic carbocycles. The Morgan fingerprint density at radius 1 is 1.00 bits per heavy atom. The fraction of sp³-hybridized carbons (Fsp3) is 0.111. The summed E-state index contributed by atoms with van der Waals surface area (Å²) in [6.07, 6.45) is 0. The van der Waals surface area contributed by atoms with E-state index in [9.17, 15) is 0 Å². The van der Waals surface area contributed by atoms with Gasteiger partial charge in [0.25, 0.3) is 0 Å². The first kappa shape index (κ1) is 11.7. The summed E-state index contributed by atoms with van der Waals surface area (Å²) in [5.41, 5.74) is 4.05. The monoisotopic (exact) mass is 277 g/mol. The van der Waals surface area contributed by atoms with Gasteiger partial charge in [0, 0.05) is 22.5 Å². The van der Waals surface area contributed by atoms with Gasteiger partial charge in [-0.2, -0.15) is 0 Å². The zero-order chi connectivity index (χ0) is 13.5. The molecule has 0 unspecified atom stereocenters. The van der Waals surface area contributed by atoms with Crippen molar-refractivity contribution < 1.29 is 0 Å². The van der Waals surface area contributed by atoms with Crippen LogP contribution in [0.15, 0.2) is 60.0 Å². The van der Waals surface area contributed by atoms with Gasteiger partial charge in [-0.25, -0.2) is 0 Å². The second kappa shape index (κ2) is 4.50. The fourth-order valence-corrected chi connectivity index (χ4v) is 3.84. The minimum Gasteiger partial charge on any atom is -0.340 e. The highest BCUT2D eigenvalue weighted by Crippen LogP contribution is 2.28.